The first-order valence-corrected chi connectivity index (χ1v) is 8.06. The first kappa shape index (κ1) is 18.1. The zero-order valence-corrected chi connectivity index (χ0v) is 13.8. The lowest BCUT2D eigenvalue weighted by Crippen LogP contribution is -2.46. The van der Waals surface area contributed by atoms with Crippen LogP contribution in [-0.2, 0) is 12.7 Å². The van der Waals surface area contributed by atoms with Crippen molar-refractivity contribution in [3.8, 4) is 6.07 Å². The number of aromatic nitrogens is 1. The second-order valence-corrected chi connectivity index (χ2v) is 6.08. The Morgan fingerprint density at radius 3 is 2.35 bits per heavy atom. The Labute approximate surface area is 148 Å². The number of nitrogens with zero attached hydrogens (tertiary/aromatic N) is 4. The molecular formula is C18H16F4N4. The Morgan fingerprint density at radius 2 is 1.81 bits per heavy atom. The van der Waals surface area contributed by atoms with Crippen LogP contribution in [-0.4, -0.2) is 36.1 Å². The van der Waals surface area contributed by atoms with E-state index >= 15 is 0 Å². The smallest absolute Gasteiger partial charge is 0.354 e. The van der Waals surface area contributed by atoms with E-state index < -0.39 is 17.6 Å². The average Bonchev–Trinajstić information content (AvgIpc) is 2.63. The molecule has 0 bridgehead atoms. The summed E-state index contributed by atoms with van der Waals surface area (Å²) >= 11 is 0. The van der Waals surface area contributed by atoms with E-state index in [0.717, 1.165) is 12.3 Å². The molecule has 0 saturated carbocycles. The van der Waals surface area contributed by atoms with E-state index in [4.69, 9.17) is 5.26 Å². The van der Waals surface area contributed by atoms with Crippen LogP contribution in [0.2, 0.25) is 0 Å². The van der Waals surface area contributed by atoms with Gasteiger partial charge in [0.25, 0.3) is 0 Å². The highest BCUT2D eigenvalue weighted by molar-refractivity contribution is 5.40. The lowest BCUT2D eigenvalue weighted by atomic mass is 10.1. The normalized spacial score (nSPS) is 15.7. The highest BCUT2D eigenvalue weighted by atomic mass is 19.4. The Kier molecular flexibility index (Phi) is 5.09. The molecule has 1 aromatic heterocycles. The van der Waals surface area contributed by atoms with Gasteiger partial charge in [0.15, 0.2) is 0 Å². The lowest BCUT2D eigenvalue weighted by molar-refractivity contribution is -0.137. The summed E-state index contributed by atoms with van der Waals surface area (Å²) < 4.78 is 51.8. The van der Waals surface area contributed by atoms with Crippen molar-refractivity contribution < 1.29 is 17.6 Å². The summed E-state index contributed by atoms with van der Waals surface area (Å²) in [4.78, 5) is 7.88. The van der Waals surface area contributed by atoms with Crippen LogP contribution in [0.15, 0.2) is 36.5 Å². The van der Waals surface area contributed by atoms with Gasteiger partial charge in [-0.25, -0.2) is 9.37 Å². The van der Waals surface area contributed by atoms with Gasteiger partial charge < -0.3 is 4.90 Å². The van der Waals surface area contributed by atoms with E-state index in [1.807, 2.05) is 11.0 Å². The van der Waals surface area contributed by atoms with Gasteiger partial charge in [0.05, 0.1) is 17.2 Å². The van der Waals surface area contributed by atoms with Crippen molar-refractivity contribution in [2.75, 3.05) is 31.1 Å². The third kappa shape index (κ3) is 4.11. The van der Waals surface area contributed by atoms with Crippen LogP contribution in [0.1, 0.15) is 16.7 Å². The summed E-state index contributed by atoms with van der Waals surface area (Å²) in [5, 5.41) is 8.77. The first-order chi connectivity index (χ1) is 12.4. The third-order valence-corrected chi connectivity index (χ3v) is 4.35. The number of hydrogen-bond donors (Lipinski definition) is 0. The number of alkyl halides is 3. The van der Waals surface area contributed by atoms with Gasteiger partial charge in [-0.3, -0.25) is 4.90 Å². The van der Waals surface area contributed by atoms with Crippen molar-refractivity contribution in [1.82, 2.24) is 9.88 Å². The Balaban J connectivity index is 1.58. The van der Waals surface area contributed by atoms with Crippen LogP contribution in [0.25, 0.3) is 0 Å². The van der Waals surface area contributed by atoms with E-state index in [1.165, 1.54) is 12.1 Å². The molecule has 8 heteroatoms. The number of pyridine rings is 1. The highest BCUT2D eigenvalue weighted by Gasteiger charge is 2.31. The zero-order chi connectivity index (χ0) is 18.7. The molecule has 0 amide bonds. The van der Waals surface area contributed by atoms with E-state index in [9.17, 15) is 17.6 Å². The minimum absolute atomic E-state index is 0.282. The van der Waals surface area contributed by atoms with Crippen molar-refractivity contribution in [1.29, 1.82) is 5.26 Å². The third-order valence-electron chi connectivity index (χ3n) is 4.35. The molecule has 1 saturated heterocycles. The molecule has 1 fully saturated rings. The van der Waals surface area contributed by atoms with Gasteiger partial charge in [-0.05, 0) is 24.3 Å². The summed E-state index contributed by atoms with van der Waals surface area (Å²) in [7, 11) is 0. The van der Waals surface area contributed by atoms with Gasteiger partial charge in [0.2, 0.25) is 0 Å². The predicted molar refractivity (Wildman–Crippen MR) is 87.8 cm³/mol. The number of halogens is 4. The van der Waals surface area contributed by atoms with Crippen molar-refractivity contribution >= 4 is 5.82 Å². The molecule has 1 aromatic carbocycles. The average molecular weight is 364 g/mol. The molecule has 0 N–H and O–H groups in total. The highest BCUT2D eigenvalue weighted by Crippen LogP contribution is 2.29. The molecular weight excluding hydrogens is 348 g/mol. The van der Waals surface area contributed by atoms with Crippen molar-refractivity contribution in [3.63, 3.8) is 0 Å². The Bertz CT molecular complexity index is 803. The van der Waals surface area contributed by atoms with Crippen molar-refractivity contribution in [2.45, 2.75) is 12.7 Å². The molecule has 136 valence electrons. The molecule has 4 nitrogen and oxygen atoms in total. The number of hydrogen-bond acceptors (Lipinski definition) is 4. The fourth-order valence-corrected chi connectivity index (χ4v) is 2.86. The van der Waals surface area contributed by atoms with E-state index in [0.29, 0.717) is 44.1 Å². The number of benzene rings is 1. The summed E-state index contributed by atoms with van der Waals surface area (Å²) in [6.07, 6.45) is -3.55. The standard InChI is InChI=1S/C18H16F4N4/c19-16-9-13(10-23)1-2-14(16)12-25-5-7-26(8-6-25)17-4-3-15(11-24-17)18(20,21)22/h1-4,9,11H,5-8,12H2. The van der Waals surface area contributed by atoms with Crippen LogP contribution >= 0.6 is 0 Å². The molecule has 0 unspecified atom stereocenters. The van der Waals surface area contributed by atoms with Crippen LogP contribution in [0.4, 0.5) is 23.4 Å². The fraction of sp³-hybridized carbons (Fsp3) is 0.333. The SMILES string of the molecule is N#Cc1ccc(CN2CCN(c3ccc(C(F)(F)F)cn3)CC2)c(F)c1. The zero-order valence-electron chi connectivity index (χ0n) is 13.8. The minimum atomic E-state index is -4.39. The number of anilines is 1. The number of rotatable bonds is 3. The predicted octanol–water partition coefficient (Wildman–Crippen LogP) is 3.43. The van der Waals surface area contributed by atoms with Gasteiger partial charge in [-0.1, -0.05) is 6.07 Å². The fourth-order valence-electron chi connectivity index (χ4n) is 2.86. The second-order valence-electron chi connectivity index (χ2n) is 6.08. The summed E-state index contributed by atoms with van der Waals surface area (Å²) in [5.74, 6) is 0.0955. The molecule has 1 aliphatic rings. The van der Waals surface area contributed by atoms with Gasteiger partial charge in [-0.2, -0.15) is 18.4 Å². The van der Waals surface area contributed by atoms with Gasteiger partial charge in [0, 0.05) is 44.5 Å². The monoisotopic (exact) mass is 364 g/mol. The lowest BCUT2D eigenvalue weighted by Gasteiger charge is -2.35. The minimum Gasteiger partial charge on any atom is -0.354 e. The molecule has 26 heavy (non-hydrogen) atoms. The molecule has 0 spiro atoms. The molecule has 2 aromatic rings. The Morgan fingerprint density at radius 1 is 1.08 bits per heavy atom. The number of piperazine rings is 1. The molecule has 0 radical (unpaired) electrons. The van der Waals surface area contributed by atoms with Crippen molar-refractivity contribution in [2.24, 2.45) is 0 Å². The van der Waals surface area contributed by atoms with Crippen LogP contribution in [0.3, 0.4) is 0 Å². The molecule has 1 aliphatic heterocycles. The van der Waals surface area contributed by atoms with Crippen LogP contribution < -0.4 is 4.90 Å². The van der Waals surface area contributed by atoms with E-state index in [1.54, 1.807) is 12.1 Å². The van der Waals surface area contributed by atoms with Crippen molar-refractivity contribution in [3.05, 3.63) is 59.0 Å². The number of nitriles is 1. The maximum Gasteiger partial charge on any atom is 0.417 e. The quantitative estimate of drug-likeness (QED) is 0.783. The maximum absolute atomic E-state index is 14.0. The molecule has 0 atom stereocenters. The molecule has 3 rings (SSSR count). The summed E-state index contributed by atoms with van der Waals surface area (Å²) in [6.45, 7) is 2.89. The maximum atomic E-state index is 14.0. The van der Waals surface area contributed by atoms with Gasteiger partial charge in [-0.15, -0.1) is 0 Å². The largest absolute Gasteiger partial charge is 0.417 e. The molecule has 0 aliphatic carbocycles. The first-order valence-electron chi connectivity index (χ1n) is 8.06. The molecule has 2 heterocycles. The van der Waals surface area contributed by atoms with Crippen LogP contribution in [0.5, 0.6) is 0 Å². The second kappa shape index (κ2) is 7.30. The van der Waals surface area contributed by atoms with Crippen LogP contribution in [0, 0.1) is 17.1 Å². The van der Waals surface area contributed by atoms with Gasteiger partial charge >= 0.3 is 6.18 Å². The Hall–Kier alpha value is -2.66. The van der Waals surface area contributed by atoms with E-state index in [-0.39, 0.29) is 5.56 Å². The topological polar surface area (TPSA) is 43.2 Å². The van der Waals surface area contributed by atoms with Gasteiger partial charge in [0.1, 0.15) is 11.6 Å². The van der Waals surface area contributed by atoms with E-state index in [2.05, 4.69) is 9.88 Å². The summed E-state index contributed by atoms with van der Waals surface area (Å²) in [5.41, 5.74) is 0.0331. The summed E-state index contributed by atoms with van der Waals surface area (Å²) in [6, 6.07) is 8.71.